The fraction of sp³-hybridized carbons (Fsp3) is 0. The zero-order valence-corrected chi connectivity index (χ0v) is 14.7. The summed E-state index contributed by atoms with van der Waals surface area (Å²) in [4.78, 5) is 17.0. The monoisotopic (exact) mass is 350 g/mol. The van der Waals surface area contributed by atoms with Crippen molar-refractivity contribution in [3.05, 3.63) is 108 Å². The van der Waals surface area contributed by atoms with Crippen molar-refractivity contribution in [1.82, 2.24) is 0 Å². The number of carbonyl (C=O) groups excluding carboxylic acids is 1. The Hall–Kier alpha value is -3.72. The summed E-state index contributed by atoms with van der Waals surface area (Å²) in [5.41, 5.74) is 11.6. The van der Waals surface area contributed by atoms with Gasteiger partial charge in [0, 0.05) is 11.1 Å². The van der Waals surface area contributed by atoms with Crippen molar-refractivity contribution in [2.75, 3.05) is 0 Å². The SMILES string of the molecule is NC1=C(c2ccccc2)C(=Nc2ccccc2-c2ccccc2)C=CC1=O. The van der Waals surface area contributed by atoms with E-state index in [9.17, 15) is 4.79 Å². The summed E-state index contributed by atoms with van der Waals surface area (Å²) in [7, 11) is 0. The predicted molar refractivity (Wildman–Crippen MR) is 111 cm³/mol. The second-order valence-corrected chi connectivity index (χ2v) is 6.23. The van der Waals surface area contributed by atoms with E-state index in [1.165, 1.54) is 6.08 Å². The molecule has 130 valence electrons. The standard InChI is InChI=1S/C24H18N2O/c25-24-22(27)16-15-21(23(24)18-11-5-2-6-12-18)26-20-14-8-7-13-19(20)17-9-3-1-4-10-17/h1-16H,25H2. The van der Waals surface area contributed by atoms with Crippen molar-refractivity contribution in [1.29, 1.82) is 0 Å². The van der Waals surface area contributed by atoms with Gasteiger partial charge in [-0.2, -0.15) is 0 Å². The molecule has 0 heterocycles. The molecule has 0 atom stereocenters. The lowest BCUT2D eigenvalue weighted by molar-refractivity contribution is -0.111. The van der Waals surface area contributed by atoms with Crippen LogP contribution >= 0.6 is 0 Å². The van der Waals surface area contributed by atoms with Crippen LogP contribution in [-0.2, 0) is 4.79 Å². The summed E-state index contributed by atoms with van der Waals surface area (Å²) in [6.07, 6.45) is 3.22. The molecule has 0 fully saturated rings. The third-order valence-electron chi connectivity index (χ3n) is 4.48. The van der Waals surface area contributed by atoms with Gasteiger partial charge in [-0.15, -0.1) is 0 Å². The minimum Gasteiger partial charge on any atom is -0.395 e. The summed E-state index contributed by atoms with van der Waals surface area (Å²) in [6.45, 7) is 0. The van der Waals surface area contributed by atoms with E-state index in [1.54, 1.807) is 6.08 Å². The molecule has 3 heteroatoms. The van der Waals surface area contributed by atoms with Gasteiger partial charge in [-0.25, -0.2) is 4.99 Å². The van der Waals surface area contributed by atoms with Crippen LogP contribution in [0.4, 0.5) is 5.69 Å². The summed E-state index contributed by atoms with van der Waals surface area (Å²) in [5.74, 6) is -0.191. The molecule has 0 radical (unpaired) electrons. The van der Waals surface area contributed by atoms with E-state index in [-0.39, 0.29) is 11.5 Å². The first-order valence-electron chi connectivity index (χ1n) is 8.75. The number of hydrogen-bond donors (Lipinski definition) is 1. The van der Waals surface area contributed by atoms with Crippen molar-refractivity contribution in [3.63, 3.8) is 0 Å². The van der Waals surface area contributed by atoms with Crippen LogP contribution in [0.15, 0.2) is 108 Å². The highest BCUT2D eigenvalue weighted by Crippen LogP contribution is 2.32. The zero-order chi connectivity index (χ0) is 18.6. The number of allylic oxidation sites excluding steroid dienone is 3. The average Bonchev–Trinajstić information content (AvgIpc) is 2.73. The first kappa shape index (κ1) is 16.7. The van der Waals surface area contributed by atoms with E-state index in [0.717, 1.165) is 22.4 Å². The third-order valence-corrected chi connectivity index (χ3v) is 4.48. The van der Waals surface area contributed by atoms with Gasteiger partial charge in [0.1, 0.15) is 0 Å². The van der Waals surface area contributed by atoms with Gasteiger partial charge in [-0.05, 0) is 29.3 Å². The highest BCUT2D eigenvalue weighted by atomic mass is 16.1. The summed E-state index contributed by atoms with van der Waals surface area (Å²) < 4.78 is 0. The highest BCUT2D eigenvalue weighted by molar-refractivity contribution is 6.38. The zero-order valence-electron chi connectivity index (χ0n) is 14.7. The molecule has 3 aromatic rings. The van der Waals surface area contributed by atoms with Crippen molar-refractivity contribution in [3.8, 4) is 11.1 Å². The lowest BCUT2D eigenvalue weighted by atomic mass is 9.93. The molecule has 0 spiro atoms. The van der Waals surface area contributed by atoms with Crippen molar-refractivity contribution in [2.45, 2.75) is 0 Å². The van der Waals surface area contributed by atoms with Gasteiger partial charge in [-0.1, -0.05) is 78.9 Å². The van der Waals surface area contributed by atoms with Gasteiger partial charge in [-0.3, -0.25) is 4.79 Å². The fourth-order valence-corrected chi connectivity index (χ4v) is 3.15. The van der Waals surface area contributed by atoms with Crippen LogP contribution < -0.4 is 5.73 Å². The van der Waals surface area contributed by atoms with E-state index < -0.39 is 0 Å². The topological polar surface area (TPSA) is 55.4 Å². The van der Waals surface area contributed by atoms with E-state index in [1.807, 2.05) is 72.8 Å². The molecule has 1 aliphatic carbocycles. The number of nitrogens with two attached hydrogens (primary N) is 1. The van der Waals surface area contributed by atoms with Crippen molar-refractivity contribution >= 4 is 22.8 Å². The molecule has 0 aromatic heterocycles. The molecule has 1 aliphatic rings. The first-order valence-corrected chi connectivity index (χ1v) is 8.75. The minimum atomic E-state index is -0.191. The molecule has 3 nitrogen and oxygen atoms in total. The summed E-state index contributed by atoms with van der Waals surface area (Å²) >= 11 is 0. The quantitative estimate of drug-likeness (QED) is 0.681. The fourth-order valence-electron chi connectivity index (χ4n) is 3.15. The number of benzene rings is 3. The molecular formula is C24H18N2O. The second kappa shape index (κ2) is 7.26. The molecule has 0 unspecified atom stereocenters. The Labute approximate surface area is 158 Å². The summed E-state index contributed by atoms with van der Waals surface area (Å²) in [5, 5.41) is 0. The molecule has 0 saturated carbocycles. The molecule has 0 saturated heterocycles. The Balaban J connectivity index is 1.87. The lowest BCUT2D eigenvalue weighted by Crippen LogP contribution is -2.19. The van der Waals surface area contributed by atoms with Gasteiger partial charge in [0.15, 0.2) is 0 Å². The number of ketones is 1. The maximum atomic E-state index is 12.1. The number of aliphatic imine (C=N–C) groups is 1. The smallest absolute Gasteiger partial charge is 0.202 e. The van der Waals surface area contributed by atoms with Crippen molar-refractivity contribution in [2.24, 2.45) is 10.7 Å². The Morgan fingerprint density at radius 1 is 0.667 bits per heavy atom. The molecule has 0 aliphatic heterocycles. The molecular weight excluding hydrogens is 332 g/mol. The molecule has 27 heavy (non-hydrogen) atoms. The van der Waals surface area contributed by atoms with Gasteiger partial charge < -0.3 is 5.73 Å². The van der Waals surface area contributed by atoms with Crippen LogP contribution in [0.1, 0.15) is 5.56 Å². The largest absolute Gasteiger partial charge is 0.395 e. The van der Waals surface area contributed by atoms with E-state index >= 15 is 0 Å². The molecule has 2 N–H and O–H groups in total. The minimum absolute atomic E-state index is 0.191. The maximum Gasteiger partial charge on any atom is 0.202 e. The Bertz CT molecular complexity index is 1080. The van der Waals surface area contributed by atoms with Gasteiger partial charge in [0.25, 0.3) is 0 Å². The van der Waals surface area contributed by atoms with Crippen LogP contribution in [0.2, 0.25) is 0 Å². The van der Waals surface area contributed by atoms with E-state index in [0.29, 0.717) is 11.3 Å². The normalized spacial score (nSPS) is 15.4. The Morgan fingerprint density at radius 3 is 1.96 bits per heavy atom. The molecule has 0 bridgehead atoms. The molecule has 0 amide bonds. The molecule has 4 rings (SSSR count). The van der Waals surface area contributed by atoms with Crippen LogP contribution in [0.25, 0.3) is 16.7 Å². The van der Waals surface area contributed by atoms with E-state index in [2.05, 4.69) is 12.1 Å². The van der Waals surface area contributed by atoms with Crippen LogP contribution in [-0.4, -0.2) is 11.5 Å². The number of rotatable bonds is 3. The number of nitrogens with zero attached hydrogens (tertiary/aromatic N) is 1. The maximum absolute atomic E-state index is 12.1. The van der Waals surface area contributed by atoms with E-state index in [4.69, 9.17) is 10.7 Å². The van der Waals surface area contributed by atoms with Crippen LogP contribution in [0.5, 0.6) is 0 Å². The van der Waals surface area contributed by atoms with Gasteiger partial charge in [0.05, 0.1) is 17.1 Å². The summed E-state index contributed by atoms with van der Waals surface area (Å²) in [6, 6.07) is 27.7. The second-order valence-electron chi connectivity index (χ2n) is 6.23. The van der Waals surface area contributed by atoms with Crippen LogP contribution in [0, 0.1) is 0 Å². The lowest BCUT2D eigenvalue weighted by Gasteiger charge is -2.16. The average molecular weight is 350 g/mol. The van der Waals surface area contributed by atoms with Crippen LogP contribution in [0.3, 0.4) is 0 Å². The first-order chi connectivity index (χ1) is 13.2. The number of para-hydroxylation sites is 1. The number of carbonyl (C=O) groups is 1. The third kappa shape index (κ3) is 3.35. The Morgan fingerprint density at radius 2 is 1.26 bits per heavy atom. The van der Waals surface area contributed by atoms with Gasteiger partial charge in [0.2, 0.25) is 5.78 Å². The van der Waals surface area contributed by atoms with Crippen molar-refractivity contribution < 1.29 is 4.79 Å². The molecule has 3 aromatic carbocycles. The van der Waals surface area contributed by atoms with Gasteiger partial charge >= 0.3 is 0 Å². The number of hydrogen-bond acceptors (Lipinski definition) is 3. The predicted octanol–water partition coefficient (Wildman–Crippen LogP) is 4.94. The highest BCUT2D eigenvalue weighted by Gasteiger charge is 2.20. The Kier molecular flexibility index (Phi) is 4.50.